The number of ether oxygens (including phenoxy) is 2. The van der Waals surface area contributed by atoms with Crippen molar-refractivity contribution in [1.29, 1.82) is 0 Å². The summed E-state index contributed by atoms with van der Waals surface area (Å²) in [6, 6.07) is 6.09. The summed E-state index contributed by atoms with van der Waals surface area (Å²) in [5.74, 6) is 2.37. The number of nitrogens with one attached hydrogen (secondary N) is 1. The van der Waals surface area contributed by atoms with E-state index in [9.17, 15) is 0 Å². The Morgan fingerprint density at radius 1 is 1.25 bits per heavy atom. The van der Waals surface area contributed by atoms with Gasteiger partial charge in [0.1, 0.15) is 12.2 Å². The molecule has 0 bridgehead atoms. The van der Waals surface area contributed by atoms with Crippen LogP contribution in [0.25, 0.3) is 0 Å². The normalized spacial score (nSPS) is 12.2. The van der Waals surface area contributed by atoms with Gasteiger partial charge in [-0.1, -0.05) is 6.07 Å². The van der Waals surface area contributed by atoms with Crippen molar-refractivity contribution in [3.63, 3.8) is 0 Å². The zero-order valence-electron chi connectivity index (χ0n) is 12.3. The lowest BCUT2D eigenvalue weighted by Crippen LogP contribution is -2.20. The molecule has 6 nitrogen and oxygen atoms in total. The molecule has 1 unspecified atom stereocenters. The van der Waals surface area contributed by atoms with E-state index in [1.54, 1.807) is 25.2 Å². The molecule has 0 aliphatic carbocycles. The van der Waals surface area contributed by atoms with E-state index >= 15 is 0 Å². The lowest BCUT2D eigenvalue weighted by Gasteiger charge is -2.16. The highest BCUT2D eigenvalue weighted by Crippen LogP contribution is 2.29. The Bertz CT molecular complexity index is 568. The molecular formula is C14H20N4O2. The minimum Gasteiger partial charge on any atom is -0.493 e. The summed E-state index contributed by atoms with van der Waals surface area (Å²) in [6.07, 6.45) is 1.55. The van der Waals surface area contributed by atoms with Crippen LogP contribution in [-0.4, -0.2) is 29.0 Å². The molecule has 0 spiro atoms. The third kappa shape index (κ3) is 3.08. The minimum absolute atomic E-state index is 0.173. The van der Waals surface area contributed by atoms with Crippen molar-refractivity contribution in [2.24, 2.45) is 7.05 Å². The second-order valence-corrected chi connectivity index (χ2v) is 4.52. The number of nitrogens with zero attached hydrogens (tertiary/aromatic N) is 3. The summed E-state index contributed by atoms with van der Waals surface area (Å²) in [6.45, 7) is 2.75. The summed E-state index contributed by atoms with van der Waals surface area (Å²) < 4.78 is 12.3. The number of aromatic nitrogens is 3. The summed E-state index contributed by atoms with van der Waals surface area (Å²) >= 11 is 0. The molecule has 2 aromatic rings. The Morgan fingerprint density at radius 3 is 2.60 bits per heavy atom. The topological polar surface area (TPSA) is 61.2 Å². The quantitative estimate of drug-likeness (QED) is 0.870. The molecule has 1 atom stereocenters. The van der Waals surface area contributed by atoms with Gasteiger partial charge < -0.3 is 14.8 Å². The molecule has 0 aliphatic rings. The standard InChI is InChI=1S/C14H20N4O2/c1-10(15-8-14-16-9-17-18(14)2)11-5-6-12(19-3)13(7-11)20-4/h5-7,9-10,15H,8H2,1-4H3. The van der Waals surface area contributed by atoms with Crippen LogP contribution < -0.4 is 14.8 Å². The molecule has 6 heteroatoms. The Morgan fingerprint density at radius 2 is 2.00 bits per heavy atom. The first kappa shape index (κ1) is 14.3. The SMILES string of the molecule is COc1ccc(C(C)NCc2ncnn2C)cc1OC. The first-order valence-corrected chi connectivity index (χ1v) is 6.44. The van der Waals surface area contributed by atoms with Crippen molar-refractivity contribution in [2.45, 2.75) is 19.5 Å². The van der Waals surface area contributed by atoms with Crippen molar-refractivity contribution in [2.75, 3.05) is 14.2 Å². The van der Waals surface area contributed by atoms with Crippen LogP contribution in [0.5, 0.6) is 11.5 Å². The first-order chi connectivity index (χ1) is 9.65. The number of rotatable bonds is 6. The van der Waals surface area contributed by atoms with Crippen LogP contribution >= 0.6 is 0 Å². The van der Waals surface area contributed by atoms with Crippen LogP contribution in [0.15, 0.2) is 24.5 Å². The molecule has 0 aliphatic heterocycles. The number of hydrogen-bond acceptors (Lipinski definition) is 5. The van der Waals surface area contributed by atoms with E-state index in [4.69, 9.17) is 9.47 Å². The number of hydrogen-bond donors (Lipinski definition) is 1. The maximum absolute atomic E-state index is 5.32. The summed E-state index contributed by atoms with van der Waals surface area (Å²) in [4.78, 5) is 4.19. The molecule has 0 amide bonds. The maximum Gasteiger partial charge on any atom is 0.161 e. The smallest absolute Gasteiger partial charge is 0.161 e. The Kier molecular flexibility index (Phi) is 4.57. The average molecular weight is 276 g/mol. The van der Waals surface area contributed by atoms with E-state index in [2.05, 4.69) is 22.3 Å². The predicted octanol–water partition coefficient (Wildman–Crippen LogP) is 1.68. The first-order valence-electron chi connectivity index (χ1n) is 6.44. The fourth-order valence-electron chi connectivity index (χ4n) is 1.96. The molecule has 2 rings (SSSR count). The van der Waals surface area contributed by atoms with Gasteiger partial charge in [-0.2, -0.15) is 5.10 Å². The van der Waals surface area contributed by atoms with E-state index in [0.29, 0.717) is 6.54 Å². The van der Waals surface area contributed by atoms with Gasteiger partial charge in [0.05, 0.1) is 20.8 Å². The molecule has 1 N–H and O–H groups in total. The minimum atomic E-state index is 0.173. The van der Waals surface area contributed by atoms with Crippen molar-refractivity contribution < 1.29 is 9.47 Å². The highest BCUT2D eigenvalue weighted by atomic mass is 16.5. The van der Waals surface area contributed by atoms with Gasteiger partial charge >= 0.3 is 0 Å². The van der Waals surface area contributed by atoms with Crippen molar-refractivity contribution in [3.05, 3.63) is 35.9 Å². The summed E-state index contributed by atoms with van der Waals surface area (Å²) in [7, 11) is 5.15. The monoisotopic (exact) mass is 276 g/mol. The van der Waals surface area contributed by atoms with Gasteiger partial charge in [-0.15, -0.1) is 0 Å². The third-order valence-corrected chi connectivity index (χ3v) is 3.28. The van der Waals surface area contributed by atoms with E-state index < -0.39 is 0 Å². The molecular weight excluding hydrogens is 256 g/mol. The van der Waals surface area contributed by atoms with Crippen LogP contribution in [-0.2, 0) is 13.6 Å². The van der Waals surface area contributed by atoms with Gasteiger partial charge in [0, 0.05) is 13.1 Å². The van der Waals surface area contributed by atoms with E-state index in [1.807, 2.05) is 25.2 Å². The molecule has 20 heavy (non-hydrogen) atoms. The van der Waals surface area contributed by atoms with Crippen LogP contribution in [0.4, 0.5) is 0 Å². The Labute approximate surface area is 118 Å². The third-order valence-electron chi connectivity index (χ3n) is 3.28. The fourth-order valence-corrected chi connectivity index (χ4v) is 1.96. The van der Waals surface area contributed by atoms with E-state index in [1.165, 1.54) is 0 Å². The lowest BCUT2D eigenvalue weighted by molar-refractivity contribution is 0.354. The van der Waals surface area contributed by atoms with Gasteiger partial charge in [-0.05, 0) is 24.6 Å². The maximum atomic E-state index is 5.32. The molecule has 0 saturated carbocycles. The molecule has 0 fully saturated rings. The van der Waals surface area contributed by atoms with Gasteiger partial charge in [-0.3, -0.25) is 4.68 Å². The summed E-state index contributed by atoms with van der Waals surface area (Å²) in [5, 5.41) is 7.46. The molecule has 0 saturated heterocycles. The number of benzene rings is 1. The average Bonchev–Trinajstić information content (AvgIpc) is 2.89. The zero-order valence-corrected chi connectivity index (χ0v) is 12.3. The predicted molar refractivity (Wildman–Crippen MR) is 75.8 cm³/mol. The van der Waals surface area contributed by atoms with Crippen LogP contribution in [0.1, 0.15) is 24.4 Å². The molecule has 1 heterocycles. The highest BCUT2D eigenvalue weighted by Gasteiger charge is 2.11. The van der Waals surface area contributed by atoms with Crippen LogP contribution in [0, 0.1) is 0 Å². The van der Waals surface area contributed by atoms with Crippen molar-refractivity contribution in [3.8, 4) is 11.5 Å². The summed E-state index contributed by atoms with van der Waals surface area (Å²) in [5.41, 5.74) is 1.13. The highest BCUT2D eigenvalue weighted by molar-refractivity contribution is 5.43. The molecule has 108 valence electrons. The second-order valence-electron chi connectivity index (χ2n) is 4.52. The van der Waals surface area contributed by atoms with Gasteiger partial charge in [0.15, 0.2) is 11.5 Å². The molecule has 1 aromatic heterocycles. The zero-order chi connectivity index (χ0) is 14.5. The second kappa shape index (κ2) is 6.38. The van der Waals surface area contributed by atoms with E-state index in [0.717, 1.165) is 22.9 Å². The van der Waals surface area contributed by atoms with Crippen molar-refractivity contribution in [1.82, 2.24) is 20.1 Å². The fraction of sp³-hybridized carbons (Fsp3) is 0.429. The molecule has 0 radical (unpaired) electrons. The Hall–Kier alpha value is -2.08. The van der Waals surface area contributed by atoms with Gasteiger partial charge in [0.2, 0.25) is 0 Å². The van der Waals surface area contributed by atoms with Gasteiger partial charge in [-0.25, -0.2) is 4.98 Å². The largest absolute Gasteiger partial charge is 0.493 e. The number of methoxy groups -OCH3 is 2. The molecule has 1 aromatic carbocycles. The lowest BCUT2D eigenvalue weighted by atomic mass is 10.1. The van der Waals surface area contributed by atoms with Crippen LogP contribution in [0.3, 0.4) is 0 Å². The van der Waals surface area contributed by atoms with Crippen LogP contribution in [0.2, 0.25) is 0 Å². The van der Waals surface area contributed by atoms with E-state index in [-0.39, 0.29) is 6.04 Å². The van der Waals surface area contributed by atoms with Crippen molar-refractivity contribution >= 4 is 0 Å². The number of aryl methyl sites for hydroxylation is 1. The van der Waals surface area contributed by atoms with Gasteiger partial charge in [0.25, 0.3) is 0 Å². The Balaban J connectivity index is 2.05.